The van der Waals surface area contributed by atoms with Crippen LogP contribution < -0.4 is 14.8 Å². The Morgan fingerprint density at radius 2 is 1.73 bits per heavy atom. The van der Waals surface area contributed by atoms with Crippen LogP contribution in [0.15, 0.2) is 30.3 Å². The molecule has 7 nitrogen and oxygen atoms in total. The van der Waals surface area contributed by atoms with Crippen LogP contribution in [0, 0.1) is 30.9 Å². The molecule has 0 fully saturated rings. The SMILES string of the molecule is Cc1cc(C)c(NC(=O)C=Cc2cc3c(cc2[N+](=O)[O-])OCO3)c(C)c1. The van der Waals surface area contributed by atoms with Crippen LogP contribution in [-0.4, -0.2) is 17.6 Å². The van der Waals surface area contributed by atoms with Crippen LogP contribution in [0.3, 0.4) is 0 Å². The number of nitro groups is 1. The number of carbonyl (C=O) groups is 1. The van der Waals surface area contributed by atoms with Crippen LogP contribution in [0.4, 0.5) is 11.4 Å². The standard InChI is InChI=1S/C19H18N2O5/c1-11-6-12(2)19(13(3)7-11)20-18(22)5-4-14-8-16-17(26-10-25-16)9-15(14)21(23)24/h4-9H,10H2,1-3H3,(H,20,22). The Bertz CT molecular complexity index is 911. The van der Waals surface area contributed by atoms with Crippen LogP contribution in [-0.2, 0) is 4.79 Å². The largest absolute Gasteiger partial charge is 0.454 e. The molecule has 0 unspecified atom stereocenters. The molecular weight excluding hydrogens is 336 g/mol. The van der Waals surface area contributed by atoms with Gasteiger partial charge in [-0.25, -0.2) is 0 Å². The first kappa shape index (κ1) is 17.5. The summed E-state index contributed by atoms with van der Waals surface area (Å²) >= 11 is 0. The van der Waals surface area contributed by atoms with Gasteiger partial charge in [0, 0.05) is 11.8 Å². The van der Waals surface area contributed by atoms with E-state index in [4.69, 9.17) is 9.47 Å². The van der Waals surface area contributed by atoms with Crippen molar-refractivity contribution in [2.24, 2.45) is 0 Å². The Morgan fingerprint density at radius 3 is 2.35 bits per heavy atom. The van der Waals surface area contributed by atoms with Crippen LogP contribution >= 0.6 is 0 Å². The van der Waals surface area contributed by atoms with Crippen molar-refractivity contribution < 1.29 is 19.2 Å². The number of anilines is 1. The number of carbonyl (C=O) groups excluding carboxylic acids is 1. The van der Waals surface area contributed by atoms with Crippen molar-refractivity contribution in [1.82, 2.24) is 0 Å². The number of aryl methyl sites for hydroxylation is 3. The number of fused-ring (bicyclic) bond motifs is 1. The molecule has 1 aliphatic rings. The quantitative estimate of drug-likeness (QED) is 0.511. The Labute approximate surface area is 150 Å². The highest BCUT2D eigenvalue weighted by Gasteiger charge is 2.22. The van der Waals surface area contributed by atoms with Crippen molar-refractivity contribution >= 4 is 23.4 Å². The first-order valence-corrected chi connectivity index (χ1v) is 8.00. The summed E-state index contributed by atoms with van der Waals surface area (Å²) in [6, 6.07) is 6.75. The number of amides is 1. The van der Waals surface area contributed by atoms with E-state index in [9.17, 15) is 14.9 Å². The van der Waals surface area contributed by atoms with E-state index in [-0.39, 0.29) is 24.0 Å². The predicted molar refractivity (Wildman–Crippen MR) is 97.5 cm³/mol. The average molecular weight is 354 g/mol. The summed E-state index contributed by atoms with van der Waals surface area (Å²) in [6.45, 7) is 5.85. The van der Waals surface area contributed by atoms with Crippen LogP contribution in [0.1, 0.15) is 22.3 Å². The fourth-order valence-electron chi connectivity index (χ4n) is 2.95. The van der Waals surface area contributed by atoms with Crippen molar-refractivity contribution in [3.05, 3.63) is 62.7 Å². The number of nitro benzene ring substituents is 1. The average Bonchev–Trinajstić information content (AvgIpc) is 3.02. The van der Waals surface area contributed by atoms with E-state index in [2.05, 4.69) is 5.32 Å². The molecular formula is C19H18N2O5. The molecule has 134 valence electrons. The summed E-state index contributed by atoms with van der Waals surface area (Å²) in [5, 5.41) is 14.1. The van der Waals surface area contributed by atoms with Gasteiger partial charge in [0.05, 0.1) is 16.6 Å². The number of ether oxygens (including phenoxy) is 2. The highest BCUT2D eigenvalue weighted by Crippen LogP contribution is 2.38. The van der Waals surface area contributed by atoms with Crippen molar-refractivity contribution in [2.75, 3.05) is 12.1 Å². The van der Waals surface area contributed by atoms with Crippen molar-refractivity contribution in [1.29, 1.82) is 0 Å². The van der Waals surface area contributed by atoms with E-state index in [0.717, 1.165) is 22.4 Å². The first-order chi connectivity index (χ1) is 12.3. The molecule has 0 aromatic heterocycles. The lowest BCUT2D eigenvalue weighted by molar-refractivity contribution is -0.385. The Kier molecular flexibility index (Phi) is 4.62. The molecule has 0 saturated carbocycles. The minimum Gasteiger partial charge on any atom is -0.454 e. The van der Waals surface area contributed by atoms with Gasteiger partial charge in [0.1, 0.15) is 0 Å². The molecule has 0 aliphatic carbocycles. The molecule has 0 bridgehead atoms. The van der Waals surface area contributed by atoms with Crippen molar-refractivity contribution in [3.63, 3.8) is 0 Å². The molecule has 0 spiro atoms. The van der Waals surface area contributed by atoms with Gasteiger partial charge in [-0.15, -0.1) is 0 Å². The van der Waals surface area contributed by atoms with E-state index in [0.29, 0.717) is 11.5 Å². The zero-order valence-corrected chi connectivity index (χ0v) is 14.7. The Hall–Kier alpha value is -3.35. The molecule has 7 heteroatoms. The Morgan fingerprint density at radius 1 is 1.12 bits per heavy atom. The van der Waals surface area contributed by atoms with E-state index in [1.807, 2.05) is 32.9 Å². The van der Waals surface area contributed by atoms with Gasteiger partial charge in [-0.05, 0) is 44.0 Å². The highest BCUT2D eigenvalue weighted by molar-refractivity contribution is 6.03. The lowest BCUT2D eigenvalue weighted by Crippen LogP contribution is -2.10. The van der Waals surface area contributed by atoms with Crippen LogP contribution in [0.25, 0.3) is 6.08 Å². The molecule has 0 radical (unpaired) electrons. The summed E-state index contributed by atoms with van der Waals surface area (Å²) < 4.78 is 10.4. The summed E-state index contributed by atoms with van der Waals surface area (Å²) in [5.41, 5.74) is 3.89. The molecule has 2 aromatic carbocycles. The maximum atomic E-state index is 12.3. The molecule has 1 amide bonds. The third kappa shape index (κ3) is 3.51. The molecule has 0 saturated heterocycles. The second-order valence-corrected chi connectivity index (χ2v) is 6.12. The third-order valence-electron chi connectivity index (χ3n) is 4.06. The lowest BCUT2D eigenvalue weighted by Gasteiger charge is -2.11. The normalized spacial score (nSPS) is 12.4. The molecule has 26 heavy (non-hydrogen) atoms. The second kappa shape index (κ2) is 6.87. The number of rotatable bonds is 4. The maximum Gasteiger partial charge on any atom is 0.280 e. The summed E-state index contributed by atoms with van der Waals surface area (Å²) in [4.78, 5) is 23.0. The van der Waals surface area contributed by atoms with Gasteiger partial charge >= 0.3 is 0 Å². The minimum atomic E-state index is -0.520. The number of benzene rings is 2. The second-order valence-electron chi connectivity index (χ2n) is 6.12. The monoisotopic (exact) mass is 354 g/mol. The molecule has 1 aliphatic heterocycles. The predicted octanol–water partition coefficient (Wildman–Crippen LogP) is 3.90. The molecule has 2 aromatic rings. The van der Waals surface area contributed by atoms with Gasteiger partial charge in [-0.2, -0.15) is 0 Å². The highest BCUT2D eigenvalue weighted by atomic mass is 16.7. The molecule has 3 rings (SSSR count). The number of hydrogen-bond donors (Lipinski definition) is 1. The molecule has 0 atom stereocenters. The zero-order valence-electron chi connectivity index (χ0n) is 14.7. The summed E-state index contributed by atoms with van der Waals surface area (Å²) in [6.07, 6.45) is 2.66. The van der Waals surface area contributed by atoms with Gasteiger partial charge < -0.3 is 14.8 Å². The number of hydrogen-bond acceptors (Lipinski definition) is 5. The topological polar surface area (TPSA) is 90.7 Å². The third-order valence-corrected chi connectivity index (χ3v) is 4.06. The fraction of sp³-hybridized carbons (Fsp3) is 0.211. The van der Waals surface area contributed by atoms with Crippen molar-refractivity contribution in [3.8, 4) is 11.5 Å². The van der Waals surface area contributed by atoms with Crippen LogP contribution in [0.2, 0.25) is 0 Å². The fourth-order valence-corrected chi connectivity index (χ4v) is 2.95. The zero-order chi connectivity index (χ0) is 18.8. The van der Waals surface area contributed by atoms with Gasteiger partial charge in [0.25, 0.3) is 5.69 Å². The summed E-state index contributed by atoms with van der Waals surface area (Å²) in [5.74, 6) is 0.372. The van der Waals surface area contributed by atoms with Crippen molar-refractivity contribution in [2.45, 2.75) is 20.8 Å². The van der Waals surface area contributed by atoms with Crippen LogP contribution in [0.5, 0.6) is 11.5 Å². The van der Waals surface area contributed by atoms with E-state index in [1.165, 1.54) is 24.3 Å². The number of nitrogens with zero attached hydrogens (tertiary/aromatic N) is 1. The first-order valence-electron chi connectivity index (χ1n) is 8.00. The van der Waals surface area contributed by atoms with E-state index in [1.54, 1.807) is 0 Å². The van der Waals surface area contributed by atoms with E-state index < -0.39 is 4.92 Å². The lowest BCUT2D eigenvalue weighted by atomic mass is 10.1. The molecule has 1 heterocycles. The maximum absolute atomic E-state index is 12.3. The van der Waals surface area contributed by atoms with Gasteiger partial charge in [-0.3, -0.25) is 14.9 Å². The van der Waals surface area contributed by atoms with E-state index >= 15 is 0 Å². The van der Waals surface area contributed by atoms with Gasteiger partial charge in [0.15, 0.2) is 11.5 Å². The van der Waals surface area contributed by atoms with Gasteiger partial charge in [0.2, 0.25) is 12.7 Å². The van der Waals surface area contributed by atoms with Gasteiger partial charge in [-0.1, -0.05) is 17.7 Å². The minimum absolute atomic E-state index is 0.0200. The smallest absolute Gasteiger partial charge is 0.280 e. The molecule has 1 N–H and O–H groups in total. The Balaban J connectivity index is 1.84. The summed E-state index contributed by atoms with van der Waals surface area (Å²) in [7, 11) is 0. The number of nitrogens with one attached hydrogen (secondary N) is 1.